The van der Waals surface area contributed by atoms with E-state index in [-0.39, 0.29) is 0 Å². The lowest BCUT2D eigenvalue weighted by Crippen LogP contribution is -1.91. The number of aromatic hydroxyl groups is 1. The minimum atomic E-state index is 0.322. The van der Waals surface area contributed by atoms with Crippen molar-refractivity contribution in [3.8, 4) is 16.9 Å². The van der Waals surface area contributed by atoms with Crippen LogP contribution in [0, 0.1) is 0 Å². The maximum atomic E-state index is 8.63. The van der Waals surface area contributed by atoms with E-state index in [1.807, 2.05) is 6.07 Å². The largest absolute Gasteiger partial charge is 0.508 e. The predicted molar refractivity (Wildman–Crippen MR) is 109 cm³/mol. The van der Waals surface area contributed by atoms with Crippen LogP contribution in [0.15, 0.2) is 115 Å². The summed E-state index contributed by atoms with van der Waals surface area (Å²) in [5.41, 5.74) is 5.34. The molecule has 0 spiro atoms. The van der Waals surface area contributed by atoms with Gasteiger partial charge in [-0.3, -0.25) is 0 Å². The van der Waals surface area contributed by atoms with Gasteiger partial charge in [0, 0.05) is 0 Å². The van der Waals surface area contributed by atoms with Crippen LogP contribution in [0.1, 0.15) is 11.1 Å². The van der Waals surface area contributed by atoms with E-state index >= 15 is 0 Å². The molecular formula is C25H22O. The Morgan fingerprint density at radius 3 is 1.58 bits per heavy atom. The Labute approximate surface area is 155 Å². The lowest BCUT2D eigenvalue weighted by atomic mass is 9.95. The molecule has 4 rings (SSSR count). The molecule has 4 aromatic rings. The predicted octanol–water partition coefficient (Wildman–Crippen LogP) is 6.34. The molecule has 0 radical (unpaired) electrons. The van der Waals surface area contributed by atoms with Crippen molar-refractivity contribution >= 4 is 0 Å². The fourth-order valence-corrected chi connectivity index (χ4v) is 2.82. The SMILES string of the molecule is Oc1ccccc1.c1ccc(Cc2ccccc2-c2ccccc2)cc1. The molecule has 0 aliphatic rings. The molecule has 0 bridgehead atoms. The maximum Gasteiger partial charge on any atom is 0.115 e. The van der Waals surface area contributed by atoms with Crippen LogP contribution in [-0.4, -0.2) is 5.11 Å². The average Bonchev–Trinajstić information content (AvgIpc) is 2.71. The van der Waals surface area contributed by atoms with Gasteiger partial charge in [-0.15, -0.1) is 0 Å². The van der Waals surface area contributed by atoms with Crippen LogP contribution in [0.3, 0.4) is 0 Å². The number of hydrogen-bond acceptors (Lipinski definition) is 1. The zero-order valence-corrected chi connectivity index (χ0v) is 14.6. The summed E-state index contributed by atoms with van der Waals surface area (Å²) in [5.74, 6) is 0.322. The molecule has 0 unspecified atom stereocenters. The molecule has 1 N–H and O–H groups in total. The third kappa shape index (κ3) is 5.09. The second-order valence-electron chi connectivity index (χ2n) is 6.02. The molecule has 0 aromatic heterocycles. The van der Waals surface area contributed by atoms with Crippen LogP contribution in [0.25, 0.3) is 11.1 Å². The molecule has 1 heteroatoms. The summed E-state index contributed by atoms with van der Waals surface area (Å²) in [7, 11) is 0. The molecule has 0 aliphatic carbocycles. The Morgan fingerprint density at radius 1 is 0.500 bits per heavy atom. The standard InChI is InChI=1S/C19H16.C6H6O/c1-3-9-16(10-4-1)15-18-13-7-8-14-19(18)17-11-5-2-6-12-17;7-6-4-2-1-3-5-6/h1-14H,15H2;1-5,7H. The van der Waals surface area contributed by atoms with Gasteiger partial charge in [-0.05, 0) is 40.8 Å². The van der Waals surface area contributed by atoms with Crippen LogP contribution in [0.5, 0.6) is 5.75 Å². The molecule has 128 valence electrons. The Hall–Kier alpha value is -3.32. The molecule has 4 aromatic carbocycles. The van der Waals surface area contributed by atoms with Gasteiger partial charge in [0.05, 0.1) is 0 Å². The normalized spacial score (nSPS) is 9.85. The summed E-state index contributed by atoms with van der Waals surface area (Å²) in [5, 5.41) is 8.63. The zero-order chi connectivity index (χ0) is 18.0. The lowest BCUT2D eigenvalue weighted by molar-refractivity contribution is 0.475. The summed E-state index contributed by atoms with van der Waals surface area (Å²) in [4.78, 5) is 0. The molecular weight excluding hydrogens is 316 g/mol. The van der Waals surface area contributed by atoms with Crippen molar-refractivity contribution in [1.29, 1.82) is 0 Å². The van der Waals surface area contributed by atoms with Gasteiger partial charge in [-0.2, -0.15) is 0 Å². The van der Waals surface area contributed by atoms with E-state index in [1.54, 1.807) is 24.3 Å². The number of para-hydroxylation sites is 1. The second kappa shape index (κ2) is 9.24. The van der Waals surface area contributed by atoms with E-state index < -0.39 is 0 Å². The molecule has 0 fully saturated rings. The summed E-state index contributed by atoms with van der Waals surface area (Å²) in [6.07, 6.45) is 0.978. The summed E-state index contributed by atoms with van der Waals surface area (Å²) in [6.45, 7) is 0. The zero-order valence-electron chi connectivity index (χ0n) is 14.6. The monoisotopic (exact) mass is 338 g/mol. The number of benzene rings is 4. The van der Waals surface area contributed by atoms with E-state index in [0.717, 1.165) is 6.42 Å². The molecule has 0 atom stereocenters. The van der Waals surface area contributed by atoms with E-state index in [9.17, 15) is 0 Å². The van der Waals surface area contributed by atoms with Crippen LogP contribution in [-0.2, 0) is 6.42 Å². The van der Waals surface area contributed by atoms with Gasteiger partial charge in [0.2, 0.25) is 0 Å². The number of hydrogen-bond donors (Lipinski definition) is 1. The molecule has 0 heterocycles. The van der Waals surface area contributed by atoms with Crippen LogP contribution in [0.2, 0.25) is 0 Å². The first-order valence-electron chi connectivity index (χ1n) is 8.74. The van der Waals surface area contributed by atoms with Gasteiger partial charge >= 0.3 is 0 Å². The Morgan fingerprint density at radius 2 is 1.00 bits per heavy atom. The van der Waals surface area contributed by atoms with Crippen LogP contribution >= 0.6 is 0 Å². The molecule has 0 saturated carbocycles. The van der Waals surface area contributed by atoms with Crippen molar-refractivity contribution in [3.05, 3.63) is 126 Å². The van der Waals surface area contributed by atoms with Crippen LogP contribution in [0.4, 0.5) is 0 Å². The van der Waals surface area contributed by atoms with Crippen molar-refractivity contribution in [2.75, 3.05) is 0 Å². The first-order valence-corrected chi connectivity index (χ1v) is 8.74. The van der Waals surface area contributed by atoms with Crippen molar-refractivity contribution in [1.82, 2.24) is 0 Å². The third-order valence-corrected chi connectivity index (χ3v) is 4.10. The first kappa shape index (κ1) is 17.5. The fourth-order valence-electron chi connectivity index (χ4n) is 2.82. The highest BCUT2D eigenvalue weighted by Crippen LogP contribution is 2.25. The molecule has 1 nitrogen and oxygen atoms in total. The Bertz CT molecular complexity index is 900. The van der Waals surface area contributed by atoms with E-state index in [2.05, 4.69) is 84.9 Å². The van der Waals surface area contributed by atoms with E-state index in [0.29, 0.717) is 5.75 Å². The smallest absolute Gasteiger partial charge is 0.115 e. The first-order chi connectivity index (χ1) is 12.8. The van der Waals surface area contributed by atoms with Crippen molar-refractivity contribution in [2.24, 2.45) is 0 Å². The van der Waals surface area contributed by atoms with Gasteiger partial charge in [-0.1, -0.05) is 103 Å². The molecule has 0 amide bonds. The third-order valence-electron chi connectivity index (χ3n) is 4.10. The average molecular weight is 338 g/mol. The lowest BCUT2D eigenvalue weighted by Gasteiger charge is -2.09. The number of phenols is 1. The topological polar surface area (TPSA) is 20.2 Å². The number of rotatable bonds is 3. The van der Waals surface area contributed by atoms with Crippen molar-refractivity contribution in [3.63, 3.8) is 0 Å². The van der Waals surface area contributed by atoms with Crippen molar-refractivity contribution in [2.45, 2.75) is 6.42 Å². The quantitative estimate of drug-likeness (QED) is 0.462. The fraction of sp³-hybridized carbons (Fsp3) is 0.0400. The van der Waals surface area contributed by atoms with E-state index in [4.69, 9.17) is 5.11 Å². The Balaban J connectivity index is 0.000000236. The highest BCUT2D eigenvalue weighted by Gasteiger charge is 2.04. The summed E-state index contributed by atoms with van der Waals surface area (Å²) in [6, 6.07) is 38.6. The molecule has 26 heavy (non-hydrogen) atoms. The minimum Gasteiger partial charge on any atom is -0.508 e. The van der Waals surface area contributed by atoms with Gasteiger partial charge in [0.15, 0.2) is 0 Å². The number of phenolic OH excluding ortho intramolecular Hbond substituents is 1. The minimum absolute atomic E-state index is 0.322. The van der Waals surface area contributed by atoms with Gasteiger partial charge < -0.3 is 5.11 Å². The summed E-state index contributed by atoms with van der Waals surface area (Å²) < 4.78 is 0. The summed E-state index contributed by atoms with van der Waals surface area (Å²) >= 11 is 0. The highest BCUT2D eigenvalue weighted by molar-refractivity contribution is 5.67. The van der Waals surface area contributed by atoms with Crippen molar-refractivity contribution < 1.29 is 5.11 Å². The maximum absolute atomic E-state index is 8.63. The Kier molecular flexibility index (Phi) is 6.22. The van der Waals surface area contributed by atoms with Gasteiger partial charge in [-0.25, -0.2) is 0 Å². The molecule has 0 saturated heterocycles. The van der Waals surface area contributed by atoms with Gasteiger partial charge in [0.25, 0.3) is 0 Å². The second-order valence-corrected chi connectivity index (χ2v) is 6.02. The van der Waals surface area contributed by atoms with Gasteiger partial charge in [0.1, 0.15) is 5.75 Å². The molecule has 0 aliphatic heterocycles. The highest BCUT2D eigenvalue weighted by atomic mass is 16.3. The van der Waals surface area contributed by atoms with E-state index in [1.165, 1.54) is 22.3 Å². The van der Waals surface area contributed by atoms with Crippen LogP contribution < -0.4 is 0 Å².